The van der Waals surface area contributed by atoms with Crippen LogP contribution in [0.25, 0.3) is 10.9 Å². The van der Waals surface area contributed by atoms with Gasteiger partial charge in [0.2, 0.25) is 0 Å². The van der Waals surface area contributed by atoms with Crippen molar-refractivity contribution in [3.05, 3.63) is 105 Å². The molecule has 0 aliphatic rings. The standard InChI is InChI=1S/C27H27N3O2S/c1-18-6-4-9-23(14-18)28-27(33)30(16-20-10-12-24(32-3)13-11-20)17-22-15-21-8-5-7-19(2)25(21)29-26(22)31/h4-15H,16-17H2,1-3H3,(H,28,33)(H,29,31). The molecule has 0 saturated carbocycles. The second-order valence-corrected chi connectivity index (χ2v) is 8.55. The summed E-state index contributed by atoms with van der Waals surface area (Å²) < 4.78 is 5.28. The zero-order valence-corrected chi connectivity index (χ0v) is 19.8. The summed E-state index contributed by atoms with van der Waals surface area (Å²) in [5.41, 5.74) is 5.60. The summed E-state index contributed by atoms with van der Waals surface area (Å²) in [6.45, 7) is 4.96. The number of hydrogen-bond acceptors (Lipinski definition) is 3. The highest BCUT2D eigenvalue weighted by Crippen LogP contribution is 2.19. The Balaban J connectivity index is 1.65. The summed E-state index contributed by atoms with van der Waals surface area (Å²) in [6, 6.07) is 23.9. The molecule has 0 aliphatic carbocycles. The number of anilines is 1. The van der Waals surface area contributed by atoms with Crippen molar-refractivity contribution in [1.29, 1.82) is 0 Å². The quantitative estimate of drug-likeness (QED) is 0.372. The van der Waals surface area contributed by atoms with Gasteiger partial charge < -0.3 is 19.9 Å². The number of rotatable bonds is 6. The Hall–Kier alpha value is -3.64. The molecule has 2 N–H and O–H groups in total. The zero-order valence-electron chi connectivity index (χ0n) is 19.0. The number of nitrogens with zero attached hydrogens (tertiary/aromatic N) is 1. The predicted molar refractivity (Wildman–Crippen MR) is 139 cm³/mol. The normalized spacial score (nSPS) is 10.8. The number of fused-ring (bicyclic) bond motifs is 1. The number of methoxy groups -OCH3 is 1. The number of ether oxygens (including phenoxy) is 1. The summed E-state index contributed by atoms with van der Waals surface area (Å²) in [6.07, 6.45) is 0. The number of benzene rings is 3. The number of nitrogens with one attached hydrogen (secondary N) is 2. The van der Waals surface area contributed by atoms with Crippen LogP contribution >= 0.6 is 12.2 Å². The molecule has 5 nitrogen and oxygen atoms in total. The van der Waals surface area contributed by atoms with Crippen LogP contribution in [0, 0.1) is 13.8 Å². The molecule has 0 amide bonds. The lowest BCUT2D eigenvalue weighted by Crippen LogP contribution is -2.35. The van der Waals surface area contributed by atoms with Gasteiger partial charge in [-0.3, -0.25) is 4.79 Å². The summed E-state index contributed by atoms with van der Waals surface area (Å²) >= 11 is 5.79. The first kappa shape index (κ1) is 22.6. The smallest absolute Gasteiger partial charge is 0.253 e. The number of hydrogen-bond donors (Lipinski definition) is 2. The third-order valence-electron chi connectivity index (χ3n) is 5.62. The number of aryl methyl sites for hydroxylation is 2. The molecular weight excluding hydrogens is 430 g/mol. The first-order chi connectivity index (χ1) is 15.9. The van der Waals surface area contributed by atoms with Gasteiger partial charge in [0, 0.05) is 17.8 Å². The van der Waals surface area contributed by atoms with Gasteiger partial charge in [-0.05, 0) is 78.5 Å². The fraction of sp³-hybridized carbons (Fsp3) is 0.185. The van der Waals surface area contributed by atoms with Crippen LogP contribution < -0.4 is 15.6 Å². The highest BCUT2D eigenvalue weighted by Gasteiger charge is 2.15. The molecule has 0 saturated heterocycles. The van der Waals surface area contributed by atoms with E-state index in [9.17, 15) is 4.79 Å². The van der Waals surface area contributed by atoms with Crippen LogP contribution in [0.4, 0.5) is 5.69 Å². The summed E-state index contributed by atoms with van der Waals surface area (Å²) in [4.78, 5) is 18.0. The van der Waals surface area contributed by atoms with Gasteiger partial charge in [-0.15, -0.1) is 0 Å². The van der Waals surface area contributed by atoms with Gasteiger partial charge >= 0.3 is 0 Å². The highest BCUT2D eigenvalue weighted by atomic mass is 32.1. The molecule has 0 atom stereocenters. The molecule has 0 bridgehead atoms. The fourth-order valence-corrected chi connectivity index (χ4v) is 4.07. The summed E-state index contributed by atoms with van der Waals surface area (Å²) in [7, 11) is 1.65. The molecule has 33 heavy (non-hydrogen) atoms. The second-order valence-electron chi connectivity index (χ2n) is 8.17. The molecule has 0 aliphatic heterocycles. The lowest BCUT2D eigenvalue weighted by atomic mass is 10.1. The molecule has 0 spiro atoms. The van der Waals surface area contributed by atoms with Crippen LogP contribution in [0.2, 0.25) is 0 Å². The van der Waals surface area contributed by atoms with Crippen LogP contribution in [0.5, 0.6) is 5.75 Å². The molecule has 4 aromatic rings. The molecule has 168 valence electrons. The first-order valence-electron chi connectivity index (χ1n) is 10.8. The Morgan fingerprint density at radius 3 is 2.48 bits per heavy atom. The van der Waals surface area contributed by atoms with Gasteiger partial charge in [0.05, 0.1) is 19.2 Å². The summed E-state index contributed by atoms with van der Waals surface area (Å²) in [5, 5.41) is 4.89. The Kier molecular flexibility index (Phi) is 6.75. The van der Waals surface area contributed by atoms with Gasteiger partial charge in [-0.1, -0.05) is 42.5 Å². The lowest BCUT2D eigenvalue weighted by Gasteiger charge is -2.26. The fourth-order valence-electron chi connectivity index (χ4n) is 3.83. The molecule has 6 heteroatoms. The van der Waals surface area contributed by atoms with Crippen LogP contribution in [-0.4, -0.2) is 22.1 Å². The molecule has 3 aromatic carbocycles. The minimum atomic E-state index is -0.102. The van der Waals surface area contributed by atoms with Crippen LogP contribution in [0.15, 0.2) is 77.6 Å². The second kappa shape index (κ2) is 9.88. The number of aromatic nitrogens is 1. The van der Waals surface area contributed by atoms with E-state index in [0.717, 1.165) is 39.0 Å². The van der Waals surface area contributed by atoms with Crippen molar-refractivity contribution < 1.29 is 4.74 Å². The average molecular weight is 458 g/mol. The minimum absolute atomic E-state index is 0.102. The van der Waals surface area contributed by atoms with Crippen molar-refractivity contribution in [2.24, 2.45) is 0 Å². The van der Waals surface area contributed by atoms with Crippen LogP contribution in [0.1, 0.15) is 22.3 Å². The predicted octanol–water partition coefficient (Wildman–Crippen LogP) is 5.55. The average Bonchev–Trinajstić information content (AvgIpc) is 2.80. The van der Waals surface area contributed by atoms with Crippen molar-refractivity contribution >= 4 is 33.9 Å². The third-order valence-corrected chi connectivity index (χ3v) is 5.98. The van der Waals surface area contributed by atoms with Gasteiger partial charge in [-0.2, -0.15) is 0 Å². The molecule has 0 radical (unpaired) electrons. The van der Waals surface area contributed by atoms with Crippen molar-refractivity contribution in [2.45, 2.75) is 26.9 Å². The van der Waals surface area contributed by atoms with E-state index in [1.165, 1.54) is 0 Å². The molecule has 1 aromatic heterocycles. The monoisotopic (exact) mass is 457 g/mol. The van der Waals surface area contributed by atoms with Crippen molar-refractivity contribution in [1.82, 2.24) is 9.88 Å². The number of para-hydroxylation sites is 1. The molecule has 0 fully saturated rings. The van der Waals surface area contributed by atoms with Crippen molar-refractivity contribution in [3.63, 3.8) is 0 Å². The number of pyridine rings is 1. The Bertz CT molecular complexity index is 1350. The third kappa shape index (κ3) is 5.41. The largest absolute Gasteiger partial charge is 0.497 e. The van der Waals surface area contributed by atoms with Crippen molar-refractivity contribution in [2.75, 3.05) is 12.4 Å². The van der Waals surface area contributed by atoms with Gasteiger partial charge in [0.25, 0.3) is 5.56 Å². The van der Waals surface area contributed by atoms with Gasteiger partial charge in [-0.25, -0.2) is 0 Å². The SMILES string of the molecule is COc1ccc(CN(Cc2cc3cccc(C)c3[nH]c2=O)C(=S)Nc2cccc(C)c2)cc1. The van der Waals surface area contributed by atoms with Crippen molar-refractivity contribution in [3.8, 4) is 5.75 Å². The maximum absolute atomic E-state index is 12.9. The van der Waals surface area contributed by atoms with Crippen LogP contribution in [-0.2, 0) is 13.1 Å². The van der Waals surface area contributed by atoms with Gasteiger partial charge in [0.15, 0.2) is 5.11 Å². The molecule has 4 rings (SSSR count). The maximum Gasteiger partial charge on any atom is 0.253 e. The van der Waals surface area contributed by atoms with Crippen LogP contribution in [0.3, 0.4) is 0 Å². The zero-order chi connectivity index (χ0) is 23.4. The first-order valence-corrected chi connectivity index (χ1v) is 11.2. The van der Waals surface area contributed by atoms with E-state index in [2.05, 4.69) is 10.3 Å². The minimum Gasteiger partial charge on any atom is -0.497 e. The molecule has 0 unspecified atom stereocenters. The molecular formula is C27H27N3O2S. The Labute approximate surface area is 199 Å². The van der Waals surface area contributed by atoms with E-state index in [1.807, 2.05) is 91.5 Å². The van der Waals surface area contributed by atoms with Gasteiger partial charge in [0.1, 0.15) is 5.75 Å². The Morgan fingerprint density at radius 2 is 1.76 bits per heavy atom. The number of aromatic amines is 1. The van der Waals surface area contributed by atoms with E-state index in [1.54, 1.807) is 7.11 Å². The van der Waals surface area contributed by atoms with E-state index in [0.29, 0.717) is 23.8 Å². The van der Waals surface area contributed by atoms with E-state index >= 15 is 0 Å². The van der Waals surface area contributed by atoms with E-state index in [-0.39, 0.29) is 5.56 Å². The summed E-state index contributed by atoms with van der Waals surface area (Å²) in [5.74, 6) is 0.798. The highest BCUT2D eigenvalue weighted by molar-refractivity contribution is 7.80. The molecule has 1 heterocycles. The van der Waals surface area contributed by atoms with E-state index in [4.69, 9.17) is 17.0 Å². The number of thiocarbonyl (C=S) groups is 1. The topological polar surface area (TPSA) is 57.4 Å². The lowest BCUT2D eigenvalue weighted by molar-refractivity contribution is 0.406. The van der Waals surface area contributed by atoms with E-state index < -0.39 is 0 Å². The number of H-pyrrole nitrogens is 1. The Morgan fingerprint density at radius 1 is 1.00 bits per heavy atom. The maximum atomic E-state index is 12.9.